The summed E-state index contributed by atoms with van der Waals surface area (Å²) in [4.78, 5) is 54.6. The topological polar surface area (TPSA) is 215 Å². The SMILES string of the molecule is C=C(C(=O)NC(CCCO)(CCCO)CCCO)N1CCN(CC(=O)O)CCN(CC(=O)O)CCN(CC(=O)O)CC1. The van der Waals surface area contributed by atoms with E-state index < -0.39 is 29.4 Å². The molecule has 0 saturated carbocycles. The van der Waals surface area contributed by atoms with Crippen molar-refractivity contribution in [3.63, 3.8) is 0 Å². The van der Waals surface area contributed by atoms with Crippen molar-refractivity contribution in [2.75, 3.05) is 91.8 Å². The van der Waals surface area contributed by atoms with Crippen molar-refractivity contribution in [2.24, 2.45) is 0 Å². The first-order valence-electron chi connectivity index (χ1n) is 14.4. The first-order valence-corrected chi connectivity index (χ1v) is 14.4. The zero-order chi connectivity index (χ0) is 31.5. The molecule has 0 atom stereocenters. The van der Waals surface area contributed by atoms with Crippen molar-refractivity contribution < 1.29 is 49.8 Å². The molecule has 15 nitrogen and oxygen atoms in total. The van der Waals surface area contributed by atoms with Crippen LogP contribution in [0.4, 0.5) is 0 Å². The number of aliphatic carboxylic acids is 3. The Hall–Kier alpha value is -2.82. The Morgan fingerprint density at radius 2 is 0.905 bits per heavy atom. The van der Waals surface area contributed by atoms with Gasteiger partial charge in [0, 0.05) is 77.7 Å². The average molecular weight is 604 g/mol. The molecule has 7 N–H and O–H groups in total. The summed E-state index contributed by atoms with van der Waals surface area (Å²) in [5.74, 6) is -3.63. The van der Waals surface area contributed by atoms with Gasteiger partial charge in [-0.1, -0.05) is 6.58 Å². The first-order chi connectivity index (χ1) is 19.9. The largest absolute Gasteiger partial charge is 0.480 e. The molecule has 1 aliphatic heterocycles. The molecule has 15 heteroatoms. The fraction of sp³-hybridized carbons (Fsp3) is 0.778. The van der Waals surface area contributed by atoms with E-state index in [0.717, 1.165) is 0 Å². The van der Waals surface area contributed by atoms with Gasteiger partial charge in [-0.05, 0) is 38.5 Å². The Labute approximate surface area is 247 Å². The molecule has 0 spiro atoms. The van der Waals surface area contributed by atoms with Crippen LogP contribution < -0.4 is 5.32 Å². The van der Waals surface area contributed by atoms with Crippen LogP contribution in [0, 0.1) is 0 Å². The molecule has 0 radical (unpaired) electrons. The van der Waals surface area contributed by atoms with Gasteiger partial charge in [0.2, 0.25) is 0 Å². The molecular formula is C27H49N5O10. The number of hydrogen-bond acceptors (Lipinski definition) is 11. The quantitative estimate of drug-likeness (QED) is 0.0857. The molecule has 1 fully saturated rings. The third-order valence-corrected chi connectivity index (χ3v) is 7.38. The Morgan fingerprint density at radius 3 is 1.19 bits per heavy atom. The van der Waals surface area contributed by atoms with Gasteiger partial charge in [-0.15, -0.1) is 0 Å². The zero-order valence-electron chi connectivity index (χ0n) is 24.5. The maximum Gasteiger partial charge on any atom is 0.317 e. The molecule has 1 amide bonds. The molecule has 42 heavy (non-hydrogen) atoms. The van der Waals surface area contributed by atoms with E-state index in [0.29, 0.717) is 38.5 Å². The molecule has 1 saturated heterocycles. The number of hydrogen-bond donors (Lipinski definition) is 7. The average Bonchev–Trinajstić information content (AvgIpc) is 2.92. The van der Waals surface area contributed by atoms with E-state index in [9.17, 15) is 49.8 Å². The number of carbonyl (C=O) groups is 4. The highest BCUT2D eigenvalue weighted by Gasteiger charge is 2.32. The van der Waals surface area contributed by atoms with Crippen LogP contribution in [0.2, 0.25) is 0 Å². The number of carboxylic acid groups (broad SMARTS) is 3. The van der Waals surface area contributed by atoms with Crippen LogP contribution in [-0.2, 0) is 19.2 Å². The zero-order valence-corrected chi connectivity index (χ0v) is 24.5. The van der Waals surface area contributed by atoms with Crippen molar-refractivity contribution in [1.82, 2.24) is 24.9 Å². The van der Waals surface area contributed by atoms with Crippen molar-refractivity contribution in [3.8, 4) is 0 Å². The summed E-state index contributed by atoms with van der Waals surface area (Å²) >= 11 is 0. The fourth-order valence-electron chi connectivity index (χ4n) is 5.13. The standard InChI is InChI=1S/C27H49N5O10/c1-22(26(42)28-27(5-2-16-33,6-3-17-34)7-4-18-35)32-14-12-30(20-24(38)39)10-8-29(19-23(36)37)9-11-31(13-15-32)21-25(40)41/h33-35H,1-21H2,(H,28,42)(H,36,37)(H,38,39)(H,40,41). The van der Waals surface area contributed by atoms with Gasteiger partial charge in [0.15, 0.2) is 0 Å². The summed E-state index contributed by atoms with van der Waals surface area (Å²) < 4.78 is 0. The van der Waals surface area contributed by atoms with Crippen LogP contribution in [0.5, 0.6) is 0 Å². The van der Waals surface area contributed by atoms with Crippen molar-refractivity contribution in [2.45, 2.75) is 44.1 Å². The number of aliphatic hydroxyl groups is 3. The smallest absolute Gasteiger partial charge is 0.317 e. The molecule has 0 aromatic carbocycles. The van der Waals surface area contributed by atoms with Crippen molar-refractivity contribution in [1.29, 1.82) is 0 Å². The lowest BCUT2D eigenvalue weighted by Gasteiger charge is -2.38. The Balaban J connectivity index is 3.23. The minimum atomic E-state index is -1.05. The van der Waals surface area contributed by atoms with E-state index in [-0.39, 0.29) is 97.5 Å². The van der Waals surface area contributed by atoms with Gasteiger partial charge in [0.1, 0.15) is 0 Å². The maximum absolute atomic E-state index is 13.6. The van der Waals surface area contributed by atoms with Gasteiger partial charge >= 0.3 is 17.9 Å². The number of nitrogens with one attached hydrogen (secondary N) is 1. The van der Waals surface area contributed by atoms with E-state index in [1.165, 1.54) is 0 Å². The molecule has 1 aliphatic rings. The molecule has 0 unspecified atom stereocenters. The summed E-state index contributed by atoms with van der Waals surface area (Å²) in [7, 11) is 0. The number of carboxylic acids is 3. The summed E-state index contributed by atoms with van der Waals surface area (Å²) in [5.41, 5.74) is -0.689. The van der Waals surface area contributed by atoms with Crippen LogP contribution in [0.1, 0.15) is 38.5 Å². The summed E-state index contributed by atoms with van der Waals surface area (Å²) in [6.07, 6.45) is 2.48. The highest BCUT2D eigenvalue weighted by molar-refractivity contribution is 5.92. The number of carbonyl (C=O) groups excluding carboxylic acids is 1. The second-order valence-electron chi connectivity index (χ2n) is 10.7. The molecule has 1 heterocycles. The summed E-state index contributed by atoms with van der Waals surface area (Å²) in [6.45, 7) is 4.76. The minimum absolute atomic E-state index is 0.0916. The maximum atomic E-state index is 13.6. The van der Waals surface area contributed by atoms with Crippen LogP contribution in [0.25, 0.3) is 0 Å². The number of amides is 1. The summed E-state index contributed by atoms with van der Waals surface area (Å²) in [5, 5.41) is 59.5. The van der Waals surface area contributed by atoms with Gasteiger partial charge in [-0.2, -0.15) is 0 Å². The third kappa shape index (κ3) is 14.9. The highest BCUT2D eigenvalue weighted by Crippen LogP contribution is 2.26. The second-order valence-corrected chi connectivity index (χ2v) is 10.7. The lowest BCUT2D eigenvalue weighted by molar-refractivity contribution is -0.140. The number of aliphatic hydroxyl groups excluding tert-OH is 3. The van der Waals surface area contributed by atoms with E-state index in [4.69, 9.17) is 0 Å². The van der Waals surface area contributed by atoms with Gasteiger partial charge in [-0.25, -0.2) is 0 Å². The minimum Gasteiger partial charge on any atom is -0.480 e. The van der Waals surface area contributed by atoms with E-state index in [1.807, 2.05) is 0 Å². The lowest BCUT2D eigenvalue weighted by atomic mass is 9.83. The highest BCUT2D eigenvalue weighted by atomic mass is 16.4. The lowest BCUT2D eigenvalue weighted by Crippen LogP contribution is -2.52. The van der Waals surface area contributed by atoms with Gasteiger partial charge in [0.05, 0.1) is 25.3 Å². The van der Waals surface area contributed by atoms with E-state index >= 15 is 0 Å². The Kier molecular flexibility index (Phi) is 17.8. The van der Waals surface area contributed by atoms with Crippen LogP contribution in [0.15, 0.2) is 12.3 Å². The molecule has 0 aromatic heterocycles. The summed E-state index contributed by atoms with van der Waals surface area (Å²) in [6, 6.07) is 0. The van der Waals surface area contributed by atoms with Gasteiger partial charge < -0.3 is 40.9 Å². The molecular weight excluding hydrogens is 554 g/mol. The van der Waals surface area contributed by atoms with E-state index in [2.05, 4.69) is 11.9 Å². The first kappa shape index (κ1) is 37.2. The molecule has 0 aromatic rings. The number of nitrogens with zero attached hydrogens (tertiary/aromatic N) is 4. The predicted molar refractivity (Wildman–Crippen MR) is 153 cm³/mol. The monoisotopic (exact) mass is 603 g/mol. The molecule has 1 rings (SSSR count). The third-order valence-electron chi connectivity index (χ3n) is 7.38. The number of rotatable bonds is 18. The molecule has 242 valence electrons. The van der Waals surface area contributed by atoms with Gasteiger partial charge in [-0.3, -0.25) is 33.9 Å². The van der Waals surface area contributed by atoms with E-state index in [1.54, 1.807) is 19.6 Å². The molecule has 0 aliphatic carbocycles. The normalized spacial score (nSPS) is 16.8. The molecule has 0 bridgehead atoms. The van der Waals surface area contributed by atoms with Gasteiger partial charge in [0.25, 0.3) is 5.91 Å². The van der Waals surface area contributed by atoms with Crippen LogP contribution >= 0.6 is 0 Å². The fourth-order valence-corrected chi connectivity index (χ4v) is 5.13. The van der Waals surface area contributed by atoms with Crippen molar-refractivity contribution in [3.05, 3.63) is 12.3 Å². The predicted octanol–water partition coefficient (Wildman–Crippen LogP) is -1.85. The Bertz CT molecular complexity index is 820. The van der Waals surface area contributed by atoms with Crippen LogP contribution in [0.3, 0.4) is 0 Å². The van der Waals surface area contributed by atoms with Crippen LogP contribution in [-0.4, -0.2) is 171 Å². The second kappa shape index (κ2) is 20.1. The Morgan fingerprint density at radius 1 is 0.595 bits per heavy atom. The van der Waals surface area contributed by atoms with Crippen molar-refractivity contribution >= 4 is 23.8 Å².